The Hall–Kier alpha value is -3.64. The first-order chi connectivity index (χ1) is 15.1. The number of hydrogen-bond acceptors (Lipinski definition) is 4. The van der Waals surface area contributed by atoms with Crippen molar-refractivity contribution in [3.63, 3.8) is 0 Å². The minimum Gasteiger partial charge on any atom is -0.436 e. The molecule has 0 atom stereocenters. The lowest BCUT2D eigenvalue weighted by molar-refractivity contribution is -0.123. The highest BCUT2D eigenvalue weighted by atomic mass is 16.6. The molecule has 3 aromatic rings. The van der Waals surface area contributed by atoms with Crippen LogP contribution in [0.2, 0.25) is 0 Å². The van der Waals surface area contributed by atoms with E-state index in [0.717, 1.165) is 27.8 Å². The normalized spacial score (nSPS) is 12.0. The first kappa shape index (κ1) is 20.6. The predicted molar refractivity (Wildman–Crippen MR) is 117 cm³/mol. The molecule has 0 heterocycles. The van der Waals surface area contributed by atoms with Gasteiger partial charge in [-0.3, -0.25) is 4.79 Å². The average molecular weight is 416 g/mol. The van der Waals surface area contributed by atoms with Crippen LogP contribution in [0.1, 0.15) is 22.8 Å². The molecule has 0 fully saturated rings. The average Bonchev–Trinajstić information content (AvgIpc) is 3.11. The van der Waals surface area contributed by atoms with Gasteiger partial charge in [-0.25, -0.2) is 4.79 Å². The molecule has 0 bridgehead atoms. The van der Waals surface area contributed by atoms with Gasteiger partial charge in [-0.05, 0) is 16.7 Å². The lowest BCUT2D eigenvalue weighted by Crippen LogP contribution is -2.39. The number of amides is 2. The van der Waals surface area contributed by atoms with Gasteiger partial charge in [0.05, 0.1) is 6.61 Å². The summed E-state index contributed by atoms with van der Waals surface area (Å²) >= 11 is 0. The van der Waals surface area contributed by atoms with E-state index in [2.05, 4.69) is 5.32 Å². The second kappa shape index (κ2) is 9.45. The Bertz CT molecular complexity index is 1020. The quantitative estimate of drug-likeness (QED) is 0.465. The van der Waals surface area contributed by atoms with Crippen LogP contribution in [0.25, 0.3) is 11.1 Å². The van der Waals surface area contributed by atoms with Crippen LogP contribution in [0, 0.1) is 0 Å². The van der Waals surface area contributed by atoms with Crippen molar-refractivity contribution in [3.8, 4) is 11.1 Å². The summed E-state index contributed by atoms with van der Waals surface area (Å²) in [5.74, 6) is -0.320. The maximum Gasteiger partial charge on any atom is 0.410 e. The summed E-state index contributed by atoms with van der Waals surface area (Å²) in [7, 11) is 1.54. The van der Waals surface area contributed by atoms with Gasteiger partial charge >= 0.3 is 6.09 Å². The monoisotopic (exact) mass is 416 g/mol. The third-order valence-electron chi connectivity index (χ3n) is 5.17. The summed E-state index contributed by atoms with van der Waals surface area (Å²) in [6.45, 7) is 0.350. The minimum absolute atomic E-state index is 0.0694. The summed E-state index contributed by atoms with van der Waals surface area (Å²) in [6, 6.07) is 25.5. The molecule has 4 rings (SSSR count). The highest BCUT2D eigenvalue weighted by Gasteiger charge is 2.32. The molecule has 158 valence electrons. The molecule has 0 saturated heterocycles. The van der Waals surface area contributed by atoms with Crippen LogP contribution < -0.4 is 5.32 Å². The topological polar surface area (TPSA) is 67.9 Å². The van der Waals surface area contributed by atoms with E-state index < -0.39 is 12.2 Å². The Morgan fingerprint density at radius 2 is 1.45 bits per heavy atom. The third kappa shape index (κ3) is 4.75. The number of nitrogens with one attached hydrogen (secondary N) is 1. The summed E-state index contributed by atoms with van der Waals surface area (Å²) < 4.78 is 11.2. The lowest BCUT2D eigenvalue weighted by Gasteiger charge is -2.21. The number of carbonyl (C=O) groups is 2. The first-order valence-electron chi connectivity index (χ1n) is 10.1. The molecular weight excluding hydrogens is 392 g/mol. The Balaban J connectivity index is 1.29. The van der Waals surface area contributed by atoms with Crippen molar-refractivity contribution < 1.29 is 19.1 Å². The van der Waals surface area contributed by atoms with Gasteiger partial charge in [0.25, 0.3) is 0 Å². The molecule has 3 aromatic carbocycles. The van der Waals surface area contributed by atoms with Crippen LogP contribution in [-0.2, 0) is 20.9 Å². The molecule has 0 spiro atoms. The number of likely N-dealkylation sites (N-methyl/N-ethyl adjacent to an activating group) is 1. The van der Waals surface area contributed by atoms with Gasteiger partial charge in [-0.1, -0.05) is 78.9 Å². The summed E-state index contributed by atoms with van der Waals surface area (Å²) in [5, 5.41) is 2.65. The van der Waals surface area contributed by atoms with E-state index in [0.29, 0.717) is 6.61 Å². The van der Waals surface area contributed by atoms with Gasteiger partial charge in [-0.15, -0.1) is 0 Å². The molecule has 0 aliphatic heterocycles. The highest BCUT2D eigenvalue weighted by molar-refractivity contribution is 5.83. The van der Waals surface area contributed by atoms with Crippen molar-refractivity contribution in [3.05, 3.63) is 95.6 Å². The SMILES string of the molecule is CN(CC(=O)NCOCc1ccccc1)C(=O)OC1c2ccccc2-c2ccccc21. The van der Waals surface area contributed by atoms with Crippen molar-refractivity contribution >= 4 is 12.0 Å². The zero-order valence-corrected chi connectivity index (χ0v) is 17.3. The Labute approximate surface area is 181 Å². The maximum absolute atomic E-state index is 12.7. The van der Waals surface area contributed by atoms with Gasteiger partial charge in [0.2, 0.25) is 5.91 Å². The van der Waals surface area contributed by atoms with Gasteiger partial charge in [0.1, 0.15) is 13.3 Å². The number of nitrogens with zero attached hydrogens (tertiary/aromatic N) is 1. The second-order valence-corrected chi connectivity index (χ2v) is 7.37. The number of benzene rings is 3. The van der Waals surface area contributed by atoms with Crippen molar-refractivity contribution in [1.82, 2.24) is 10.2 Å². The van der Waals surface area contributed by atoms with Crippen LogP contribution >= 0.6 is 0 Å². The number of carbonyl (C=O) groups excluding carboxylic acids is 2. The molecule has 6 nitrogen and oxygen atoms in total. The van der Waals surface area contributed by atoms with E-state index >= 15 is 0 Å². The fraction of sp³-hybridized carbons (Fsp3) is 0.200. The smallest absolute Gasteiger partial charge is 0.410 e. The van der Waals surface area contributed by atoms with E-state index in [1.165, 1.54) is 4.90 Å². The van der Waals surface area contributed by atoms with Crippen molar-refractivity contribution in [2.24, 2.45) is 0 Å². The fourth-order valence-electron chi connectivity index (χ4n) is 3.64. The van der Waals surface area contributed by atoms with E-state index in [9.17, 15) is 9.59 Å². The van der Waals surface area contributed by atoms with Gasteiger partial charge in [-0.2, -0.15) is 0 Å². The molecule has 6 heteroatoms. The second-order valence-electron chi connectivity index (χ2n) is 7.37. The number of rotatable bonds is 7. The molecule has 1 aliphatic carbocycles. The molecular formula is C25H24N2O4. The van der Waals surface area contributed by atoms with Crippen molar-refractivity contribution in [1.29, 1.82) is 0 Å². The summed E-state index contributed by atoms with van der Waals surface area (Å²) in [6.07, 6.45) is -1.04. The van der Waals surface area contributed by atoms with E-state index in [4.69, 9.17) is 9.47 Å². The van der Waals surface area contributed by atoms with Crippen molar-refractivity contribution in [2.45, 2.75) is 12.7 Å². The van der Waals surface area contributed by atoms with Gasteiger partial charge in [0, 0.05) is 18.2 Å². The molecule has 0 unspecified atom stereocenters. The third-order valence-corrected chi connectivity index (χ3v) is 5.17. The largest absolute Gasteiger partial charge is 0.436 e. The molecule has 2 amide bonds. The highest BCUT2D eigenvalue weighted by Crippen LogP contribution is 2.45. The van der Waals surface area contributed by atoms with Crippen LogP contribution in [0.3, 0.4) is 0 Å². The van der Waals surface area contributed by atoms with Crippen LogP contribution in [0.4, 0.5) is 4.79 Å². The van der Waals surface area contributed by atoms with E-state index in [-0.39, 0.29) is 19.2 Å². The molecule has 1 N–H and O–H groups in total. The van der Waals surface area contributed by atoms with E-state index in [1.807, 2.05) is 78.9 Å². The molecule has 1 aliphatic rings. The van der Waals surface area contributed by atoms with Gasteiger partial charge in [0.15, 0.2) is 6.10 Å². The Morgan fingerprint density at radius 3 is 2.10 bits per heavy atom. The zero-order chi connectivity index (χ0) is 21.6. The Kier molecular flexibility index (Phi) is 6.29. The molecule has 0 saturated carbocycles. The minimum atomic E-state index is -0.558. The summed E-state index contributed by atoms with van der Waals surface area (Å²) in [5.41, 5.74) is 5.04. The van der Waals surface area contributed by atoms with Crippen LogP contribution in [0.5, 0.6) is 0 Å². The zero-order valence-electron chi connectivity index (χ0n) is 17.3. The maximum atomic E-state index is 12.7. The van der Waals surface area contributed by atoms with E-state index in [1.54, 1.807) is 7.05 Å². The van der Waals surface area contributed by atoms with Crippen LogP contribution in [0.15, 0.2) is 78.9 Å². The predicted octanol–water partition coefficient (Wildman–Crippen LogP) is 4.12. The summed E-state index contributed by atoms with van der Waals surface area (Å²) in [4.78, 5) is 26.1. The number of fused-ring (bicyclic) bond motifs is 3. The molecule has 31 heavy (non-hydrogen) atoms. The standard InChI is InChI=1S/C25H24N2O4/c1-27(15-23(28)26-17-30-16-18-9-3-2-4-10-18)25(29)31-24-21-13-7-5-11-19(21)20-12-6-8-14-22(20)24/h2-14,24H,15-17H2,1H3,(H,26,28). The Morgan fingerprint density at radius 1 is 0.871 bits per heavy atom. The number of ether oxygens (including phenoxy) is 2. The van der Waals surface area contributed by atoms with Crippen molar-refractivity contribution in [2.75, 3.05) is 20.3 Å². The van der Waals surface area contributed by atoms with Crippen LogP contribution in [-0.4, -0.2) is 37.2 Å². The fourth-order valence-corrected chi connectivity index (χ4v) is 3.64. The van der Waals surface area contributed by atoms with Gasteiger partial charge < -0.3 is 19.7 Å². The lowest BCUT2D eigenvalue weighted by atomic mass is 10.1. The molecule has 0 aromatic heterocycles. The first-order valence-corrected chi connectivity index (χ1v) is 10.1. The molecule has 0 radical (unpaired) electrons. The number of hydrogen-bond donors (Lipinski definition) is 1.